The minimum atomic E-state index is -0.513. The van der Waals surface area contributed by atoms with Gasteiger partial charge in [0.15, 0.2) is 0 Å². The molecule has 0 aromatic heterocycles. The highest BCUT2D eigenvalue weighted by molar-refractivity contribution is 5.91. The molecule has 0 unspecified atom stereocenters. The van der Waals surface area contributed by atoms with E-state index in [0.29, 0.717) is 12.2 Å². The first-order chi connectivity index (χ1) is 8.04. The molecule has 1 saturated carbocycles. The van der Waals surface area contributed by atoms with Crippen LogP contribution < -0.4 is 11.1 Å². The summed E-state index contributed by atoms with van der Waals surface area (Å²) in [5.41, 5.74) is 6.96. The fourth-order valence-electron chi connectivity index (χ4n) is 1.98. The lowest BCUT2D eigenvalue weighted by atomic mass is 9.94. The molecule has 1 aliphatic rings. The Bertz CT molecular complexity index is 408. The van der Waals surface area contributed by atoms with Gasteiger partial charge in [-0.1, -0.05) is 12.1 Å². The first-order valence-electron chi connectivity index (χ1n) is 5.87. The van der Waals surface area contributed by atoms with Crippen molar-refractivity contribution < 1.29 is 9.90 Å². The van der Waals surface area contributed by atoms with Crippen molar-refractivity contribution in [1.29, 1.82) is 0 Å². The molecule has 2 rings (SSSR count). The van der Waals surface area contributed by atoms with Crippen LogP contribution in [-0.4, -0.2) is 23.7 Å². The zero-order valence-electron chi connectivity index (χ0n) is 9.94. The number of hydrogen-bond donors (Lipinski definition) is 3. The van der Waals surface area contributed by atoms with E-state index < -0.39 is 6.10 Å². The van der Waals surface area contributed by atoms with Gasteiger partial charge in [0.05, 0.1) is 11.5 Å². The molecule has 17 heavy (non-hydrogen) atoms. The molecule has 1 amide bonds. The van der Waals surface area contributed by atoms with E-state index in [-0.39, 0.29) is 11.3 Å². The number of aliphatic hydroxyl groups is 1. The van der Waals surface area contributed by atoms with Crippen molar-refractivity contribution in [3.63, 3.8) is 0 Å². The number of carbonyl (C=O) groups excluding carboxylic acids is 1. The van der Waals surface area contributed by atoms with Crippen LogP contribution in [-0.2, 0) is 10.2 Å². The summed E-state index contributed by atoms with van der Waals surface area (Å²) in [4.78, 5) is 12.1. The summed E-state index contributed by atoms with van der Waals surface area (Å²) in [6.45, 7) is 1.96. The summed E-state index contributed by atoms with van der Waals surface area (Å²) in [7, 11) is 0. The highest BCUT2D eigenvalue weighted by Gasteiger charge is 2.51. The fourth-order valence-corrected chi connectivity index (χ4v) is 1.98. The Kier molecular flexibility index (Phi) is 3.07. The summed E-state index contributed by atoms with van der Waals surface area (Å²) in [5, 5.41) is 11.9. The van der Waals surface area contributed by atoms with Gasteiger partial charge in [0.2, 0.25) is 5.91 Å². The maximum atomic E-state index is 12.1. The smallest absolute Gasteiger partial charge is 0.230 e. The molecule has 92 valence electrons. The number of carbonyl (C=O) groups is 1. The van der Waals surface area contributed by atoms with Gasteiger partial charge in [-0.15, -0.1) is 0 Å². The lowest BCUT2D eigenvalue weighted by molar-refractivity contribution is -0.124. The van der Waals surface area contributed by atoms with Gasteiger partial charge in [-0.2, -0.15) is 0 Å². The number of hydrogen-bond acceptors (Lipinski definition) is 3. The SMILES string of the molecule is C[C@H](O)CNC(=O)C1(c2ccc(N)cc2)CC1. The van der Waals surface area contributed by atoms with Crippen LogP contribution in [0.3, 0.4) is 0 Å². The molecule has 0 radical (unpaired) electrons. The summed E-state index contributed by atoms with van der Waals surface area (Å²) in [6.07, 6.45) is 1.21. The third-order valence-electron chi connectivity index (χ3n) is 3.21. The Hall–Kier alpha value is -1.55. The van der Waals surface area contributed by atoms with E-state index in [2.05, 4.69) is 5.32 Å². The Morgan fingerprint density at radius 2 is 2.06 bits per heavy atom. The van der Waals surface area contributed by atoms with Crippen LogP contribution in [0.2, 0.25) is 0 Å². The van der Waals surface area contributed by atoms with Crippen molar-refractivity contribution in [3.05, 3.63) is 29.8 Å². The number of nitrogen functional groups attached to an aromatic ring is 1. The minimum absolute atomic E-state index is 0.00294. The van der Waals surface area contributed by atoms with Gasteiger partial charge in [-0.05, 0) is 37.5 Å². The first-order valence-corrected chi connectivity index (χ1v) is 5.87. The van der Waals surface area contributed by atoms with Crippen LogP contribution in [0.5, 0.6) is 0 Å². The normalized spacial score (nSPS) is 18.5. The molecule has 0 bridgehead atoms. The summed E-state index contributed by atoms with van der Waals surface area (Å²) in [6, 6.07) is 7.45. The highest BCUT2D eigenvalue weighted by Crippen LogP contribution is 2.48. The third-order valence-corrected chi connectivity index (χ3v) is 3.21. The number of benzene rings is 1. The van der Waals surface area contributed by atoms with Crippen molar-refractivity contribution in [3.8, 4) is 0 Å². The minimum Gasteiger partial charge on any atom is -0.399 e. The molecule has 0 saturated heterocycles. The molecule has 0 heterocycles. The number of nitrogens with two attached hydrogens (primary N) is 1. The van der Waals surface area contributed by atoms with Gasteiger partial charge in [0.25, 0.3) is 0 Å². The van der Waals surface area contributed by atoms with Crippen molar-refractivity contribution in [2.45, 2.75) is 31.3 Å². The molecular weight excluding hydrogens is 216 g/mol. The molecule has 4 N–H and O–H groups in total. The Labute approximate surface area is 101 Å². The van der Waals surface area contributed by atoms with E-state index in [1.54, 1.807) is 6.92 Å². The monoisotopic (exact) mass is 234 g/mol. The molecule has 4 nitrogen and oxygen atoms in total. The molecule has 1 aromatic carbocycles. The summed E-state index contributed by atoms with van der Waals surface area (Å²) in [5.74, 6) is 0.00294. The maximum Gasteiger partial charge on any atom is 0.230 e. The van der Waals surface area contributed by atoms with Gasteiger partial charge in [0, 0.05) is 12.2 Å². The fraction of sp³-hybridized carbons (Fsp3) is 0.462. The van der Waals surface area contributed by atoms with E-state index in [1.165, 1.54) is 0 Å². The predicted molar refractivity (Wildman–Crippen MR) is 66.5 cm³/mol. The standard InChI is InChI=1S/C13H18N2O2/c1-9(16)8-15-12(17)13(6-7-13)10-2-4-11(14)5-3-10/h2-5,9,16H,6-8,14H2,1H3,(H,15,17)/t9-/m0/s1. The number of anilines is 1. The van der Waals surface area contributed by atoms with Gasteiger partial charge in [-0.25, -0.2) is 0 Å². The van der Waals surface area contributed by atoms with Gasteiger partial charge in [-0.3, -0.25) is 4.79 Å². The van der Waals surface area contributed by atoms with Crippen LogP contribution in [0.4, 0.5) is 5.69 Å². The van der Waals surface area contributed by atoms with Gasteiger partial charge < -0.3 is 16.2 Å². The third kappa shape index (κ3) is 2.42. The number of nitrogens with one attached hydrogen (secondary N) is 1. The Balaban J connectivity index is 2.08. The predicted octanol–water partition coefficient (Wildman–Crippen LogP) is 0.797. The van der Waals surface area contributed by atoms with Crippen LogP contribution in [0.25, 0.3) is 0 Å². The van der Waals surface area contributed by atoms with Crippen LogP contribution in [0.15, 0.2) is 24.3 Å². The average Bonchev–Trinajstić information content (AvgIpc) is 3.08. The van der Waals surface area contributed by atoms with Crippen LogP contribution in [0, 0.1) is 0 Å². The molecule has 1 aromatic rings. The molecule has 0 spiro atoms. The second kappa shape index (κ2) is 4.37. The average molecular weight is 234 g/mol. The van der Waals surface area contributed by atoms with Crippen molar-refractivity contribution in [1.82, 2.24) is 5.32 Å². The van der Waals surface area contributed by atoms with E-state index in [1.807, 2.05) is 24.3 Å². The van der Waals surface area contributed by atoms with E-state index in [4.69, 9.17) is 10.8 Å². The molecule has 0 aliphatic heterocycles. The van der Waals surface area contributed by atoms with E-state index in [0.717, 1.165) is 18.4 Å². The second-order valence-electron chi connectivity index (χ2n) is 4.76. The number of rotatable bonds is 4. The van der Waals surface area contributed by atoms with Gasteiger partial charge >= 0.3 is 0 Å². The first kappa shape index (κ1) is 11.9. The van der Waals surface area contributed by atoms with Crippen molar-refractivity contribution in [2.24, 2.45) is 0 Å². The molecule has 1 aliphatic carbocycles. The topological polar surface area (TPSA) is 75.3 Å². The van der Waals surface area contributed by atoms with E-state index in [9.17, 15) is 4.79 Å². The lowest BCUT2D eigenvalue weighted by Gasteiger charge is -2.16. The summed E-state index contributed by atoms with van der Waals surface area (Å²) < 4.78 is 0. The molecule has 4 heteroatoms. The zero-order chi connectivity index (χ0) is 12.5. The molecular formula is C13H18N2O2. The second-order valence-corrected chi connectivity index (χ2v) is 4.76. The zero-order valence-corrected chi connectivity index (χ0v) is 9.94. The molecule has 1 atom stereocenters. The Morgan fingerprint density at radius 3 is 2.53 bits per heavy atom. The van der Waals surface area contributed by atoms with Crippen LogP contribution in [0.1, 0.15) is 25.3 Å². The lowest BCUT2D eigenvalue weighted by Crippen LogP contribution is -2.38. The van der Waals surface area contributed by atoms with E-state index >= 15 is 0 Å². The van der Waals surface area contributed by atoms with Gasteiger partial charge in [0.1, 0.15) is 0 Å². The number of amides is 1. The van der Waals surface area contributed by atoms with Crippen molar-refractivity contribution >= 4 is 11.6 Å². The molecule has 1 fully saturated rings. The quantitative estimate of drug-likeness (QED) is 0.674. The largest absolute Gasteiger partial charge is 0.399 e. The Morgan fingerprint density at radius 1 is 1.47 bits per heavy atom. The van der Waals surface area contributed by atoms with Crippen LogP contribution >= 0.6 is 0 Å². The highest BCUT2D eigenvalue weighted by atomic mass is 16.3. The van der Waals surface area contributed by atoms with Crippen molar-refractivity contribution in [2.75, 3.05) is 12.3 Å². The summed E-state index contributed by atoms with van der Waals surface area (Å²) >= 11 is 0. The maximum absolute atomic E-state index is 12.1. The number of aliphatic hydroxyl groups excluding tert-OH is 1.